The number of para-hydroxylation sites is 1. The summed E-state index contributed by atoms with van der Waals surface area (Å²) in [5.41, 5.74) is 2.60. The first-order valence-electron chi connectivity index (χ1n) is 18.4. The Balaban J connectivity index is 1.20. The second-order valence-electron chi connectivity index (χ2n) is 14.5. The largest absolute Gasteiger partial charge is 0.619 e. The molecule has 4 aromatic rings. The zero-order chi connectivity index (χ0) is 38.6. The van der Waals surface area contributed by atoms with E-state index in [1.54, 1.807) is 29.2 Å². The van der Waals surface area contributed by atoms with Gasteiger partial charge < -0.3 is 24.5 Å². The van der Waals surface area contributed by atoms with Crippen molar-refractivity contribution >= 4 is 41.0 Å². The molecule has 3 aromatic carbocycles. The summed E-state index contributed by atoms with van der Waals surface area (Å²) in [6.45, 7) is -0.825. The Hall–Kier alpha value is -4.65. The van der Waals surface area contributed by atoms with Crippen molar-refractivity contribution in [1.82, 2.24) is 4.90 Å². The van der Waals surface area contributed by atoms with E-state index in [9.17, 15) is 28.7 Å². The van der Waals surface area contributed by atoms with E-state index in [4.69, 9.17) is 37.4 Å². The summed E-state index contributed by atoms with van der Waals surface area (Å²) < 4.78 is 44.0. The quantitative estimate of drug-likeness (QED) is 0.0938. The number of aromatic nitrogens is 1. The highest BCUT2D eigenvalue weighted by molar-refractivity contribution is 6.35. The van der Waals surface area contributed by atoms with Crippen molar-refractivity contribution in [1.29, 1.82) is 0 Å². The number of carboxylic acid groups (broad SMARTS) is 1. The lowest BCUT2D eigenvalue weighted by molar-refractivity contribution is -0.605. The van der Waals surface area contributed by atoms with Gasteiger partial charge in [0, 0.05) is 36.7 Å². The third-order valence-corrected chi connectivity index (χ3v) is 11.4. The molecule has 1 amide bonds. The number of rotatable bonds is 15. The average molecular weight is 797 g/mol. The van der Waals surface area contributed by atoms with E-state index >= 15 is 0 Å². The number of pyridine rings is 1. The van der Waals surface area contributed by atoms with Gasteiger partial charge in [-0.3, -0.25) is 14.6 Å². The molecule has 1 aromatic heterocycles. The molecule has 10 nitrogen and oxygen atoms in total. The maximum atomic E-state index is 13.7. The molecule has 14 heteroatoms. The Morgan fingerprint density at radius 2 is 1.60 bits per heavy atom. The molecule has 2 unspecified atom stereocenters. The number of amides is 1. The highest BCUT2D eigenvalue weighted by Gasteiger charge is 2.37. The third kappa shape index (κ3) is 9.42. The summed E-state index contributed by atoms with van der Waals surface area (Å²) in [7, 11) is 0. The van der Waals surface area contributed by atoms with E-state index in [0.29, 0.717) is 45.6 Å². The van der Waals surface area contributed by atoms with E-state index in [1.165, 1.54) is 18.2 Å². The van der Waals surface area contributed by atoms with Crippen molar-refractivity contribution in [3.05, 3.63) is 123 Å². The van der Waals surface area contributed by atoms with Gasteiger partial charge in [-0.15, -0.1) is 0 Å². The highest BCUT2D eigenvalue weighted by atomic mass is 35.5. The van der Waals surface area contributed by atoms with E-state index in [0.717, 1.165) is 63.2 Å². The summed E-state index contributed by atoms with van der Waals surface area (Å²) >= 11 is 13.0. The Bertz CT molecular complexity index is 1960. The molecular formula is C41H41Cl2F2N3O7. The summed E-state index contributed by atoms with van der Waals surface area (Å²) in [5, 5.41) is 23.0. The summed E-state index contributed by atoms with van der Waals surface area (Å²) in [4.78, 5) is 30.8. The van der Waals surface area contributed by atoms with Crippen LogP contribution in [0.4, 0.5) is 19.3 Å². The van der Waals surface area contributed by atoms with Crippen LogP contribution in [0, 0.1) is 17.0 Å². The maximum absolute atomic E-state index is 13.7. The van der Waals surface area contributed by atoms with Gasteiger partial charge in [0.15, 0.2) is 30.1 Å². The van der Waals surface area contributed by atoms with E-state index in [1.807, 2.05) is 30.3 Å². The second-order valence-corrected chi connectivity index (χ2v) is 15.3. The fraction of sp³-hybridized carbons (Fsp3) is 0.390. The minimum absolute atomic E-state index is 0.0268. The molecule has 8 rings (SSSR count). The Morgan fingerprint density at radius 1 is 0.927 bits per heavy atom. The molecule has 1 N–H and O–H groups in total. The first kappa shape index (κ1) is 38.6. The van der Waals surface area contributed by atoms with Crippen molar-refractivity contribution in [2.24, 2.45) is 11.8 Å². The predicted octanol–water partition coefficient (Wildman–Crippen LogP) is 8.80. The van der Waals surface area contributed by atoms with Gasteiger partial charge in [-0.1, -0.05) is 71.7 Å². The lowest BCUT2D eigenvalue weighted by atomic mass is 9.77. The molecule has 290 valence electrons. The van der Waals surface area contributed by atoms with E-state index in [2.05, 4.69) is 4.90 Å². The molecule has 4 aliphatic rings. The Labute approximate surface area is 327 Å². The number of aliphatic carboxylic acids is 1. The lowest BCUT2D eigenvalue weighted by Crippen LogP contribution is -2.51. The van der Waals surface area contributed by atoms with Gasteiger partial charge in [0.1, 0.15) is 10.0 Å². The molecule has 55 heavy (non-hydrogen) atoms. The average Bonchev–Trinajstić information content (AvgIpc) is 4.00. The zero-order valence-corrected chi connectivity index (χ0v) is 31.4. The fourth-order valence-corrected chi connectivity index (χ4v) is 8.17. The molecule has 2 bridgehead atoms. The van der Waals surface area contributed by atoms with Crippen LogP contribution in [0.1, 0.15) is 66.2 Å². The molecule has 0 radical (unpaired) electrons. The van der Waals surface area contributed by atoms with Crippen molar-refractivity contribution in [2.75, 3.05) is 24.6 Å². The fourth-order valence-electron chi connectivity index (χ4n) is 7.57. The topological polar surface area (TPSA) is 115 Å². The molecule has 4 heterocycles. The van der Waals surface area contributed by atoms with Crippen LogP contribution in [0.15, 0.2) is 85.2 Å². The number of hydrogen-bond donors (Lipinski definition) is 1. The first-order chi connectivity index (χ1) is 26.5. The first-order valence-corrected chi connectivity index (χ1v) is 19.1. The number of ether oxygens (including phenoxy) is 3. The lowest BCUT2D eigenvalue weighted by Gasteiger charge is -2.44. The number of fused-ring (bicyclic) bond motifs is 3. The molecule has 1 aliphatic carbocycles. The predicted molar refractivity (Wildman–Crippen MR) is 202 cm³/mol. The van der Waals surface area contributed by atoms with Crippen LogP contribution < -0.4 is 19.1 Å². The van der Waals surface area contributed by atoms with Gasteiger partial charge >= 0.3 is 18.7 Å². The minimum Gasteiger partial charge on any atom is -0.619 e. The van der Waals surface area contributed by atoms with Crippen molar-refractivity contribution in [2.45, 2.75) is 69.7 Å². The molecule has 3 saturated heterocycles. The number of hydrogen-bond acceptors (Lipinski definition) is 7. The molecule has 4 fully saturated rings. The number of nitrogens with zero attached hydrogens (tertiary/aromatic N) is 3. The maximum Gasteiger partial charge on any atom is 0.416 e. The molecule has 3 aliphatic heterocycles. The smallest absolute Gasteiger partial charge is 0.416 e. The molecule has 3 atom stereocenters. The standard InChI is InChI=1S/C41H41Cl2F2N3O7/c42-33-22-47(52)23-34(43)32(33)20-31(29-12-13-35(54-40(44)45)36(19-29)53-24-27-6-7-27)38(39(49)50)28-10-8-26(9-11-28)21-48(30-4-2-1-3-5-30)41(51)55-37-18-25-14-16-46(37)17-15-25/h1-5,8-13,19,22-23,25,27,31,37-38,40H,6-7,14-18,20-21,24H2,(H,49,50)/t31-,37?,38?/m1/s1. The third-order valence-electron chi connectivity index (χ3n) is 10.7. The zero-order valence-electron chi connectivity index (χ0n) is 29.9. The number of benzene rings is 3. The van der Waals surface area contributed by atoms with Crippen LogP contribution in [0.2, 0.25) is 10.0 Å². The van der Waals surface area contributed by atoms with Crippen molar-refractivity contribution < 1.29 is 42.4 Å². The second kappa shape index (κ2) is 17.0. The van der Waals surface area contributed by atoms with Gasteiger partial charge in [0.25, 0.3) is 0 Å². The number of carbonyl (C=O) groups is 2. The summed E-state index contributed by atoms with van der Waals surface area (Å²) in [6.07, 6.45) is 6.45. The van der Waals surface area contributed by atoms with Crippen LogP contribution in [-0.2, 0) is 22.5 Å². The number of piperidine rings is 3. The minimum atomic E-state index is -3.10. The number of carbonyl (C=O) groups excluding carboxylic acids is 1. The monoisotopic (exact) mass is 795 g/mol. The normalized spacial score (nSPS) is 20.1. The Kier molecular flexibility index (Phi) is 11.9. The SMILES string of the molecule is O=C(O)C(c1ccc(CN(C(=O)OC2CC3CCN2CC3)c2ccccc2)cc1)[C@H](Cc1c(Cl)c[n+]([O-])cc1Cl)c1ccc(OC(F)F)c(OCC2CC2)c1. The highest BCUT2D eigenvalue weighted by Crippen LogP contribution is 2.43. The van der Waals surface area contributed by atoms with Gasteiger partial charge in [0.2, 0.25) is 0 Å². The number of halogens is 4. The summed E-state index contributed by atoms with van der Waals surface area (Å²) in [6, 6.07) is 20.5. The number of anilines is 1. The van der Waals surface area contributed by atoms with Crippen molar-refractivity contribution in [3.63, 3.8) is 0 Å². The Morgan fingerprint density at radius 3 is 2.20 bits per heavy atom. The van der Waals surface area contributed by atoms with Gasteiger partial charge in [-0.05, 0) is 84.9 Å². The summed E-state index contributed by atoms with van der Waals surface area (Å²) in [5.74, 6) is -2.51. The number of alkyl halides is 2. The number of carboxylic acids is 1. The molecule has 0 spiro atoms. The van der Waals surface area contributed by atoms with E-state index in [-0.39, 0.29) is 40.7 Å². The van der Waals surface area contributed by atoms with Crippen LogP contribution in [-0.4, -0.2) is 54.6 Å². The van der Waals surface area contributed by atoms with Crippen LogP contribution in [0.5, 0.6) is 11.5 Å². The van der Waals surface area contributed by atoms with Crippen LogP contribution in [0.25, 0.3) is 0 Å². The molecule has 1 saturated carbocycles. The van der Waals surface area contributed by atoms with Gasteiger partial charge in [-0.25, -0.2) is 4.79 Å². The molecular weight excluding hydrogens is 755 g/mol. The van der Waals surface area contributed by atoms with Crippen molar-refractivity contribution in [3.8, 4) is 11.5 Å². The van der Waals surface area contributed by atoms with E-state index < -0.39 is 30.5 Å². The van der Waals surface area contributed by atoms with Gasteiger partial charge in [-0.2, -0.15) is 13.5 Å². The van der Waals surface area contributed by atoms with Gasteiger partial charge in [0.05, 0.1) is 19.1 Å². The van der Waals surface area contributed by atoms with Crippen LogP contribution >= 0.6 is 23.2 Å². The van der Waals surface area contributed by atoms with Crippen LogP contribution in [0.3, 0.4) is 0 Å².